The highest BCUT2D eigenvalue weighted by molar-refractivity contribution is 5.66. The number of morpholine rings is 1. The van der Waals surface area contributed by atoms with Crippen LogP contribution < -0.4 is 0 Å². The lowest BCUT2D eigenvalue weighted by atomic mass is 10.2. The number of aliphatic carboxylic acids is 1. The van der Waals surface area contributed by atoms with Crippen molar-refractivity contribution >= 4 is 5.97 Å². The summed E-state index contributed by atoms with van der Waals surface area (Å²) in [6, 6.07) is 0.547. The normalized spacial score (nSPS) is 21.7. The fraction of sp³-hybridized carbons (Fsp3) is 0.923. The van der Waals surface area contributed by atoms with Crippen molar-refractivity contribution in [1.82, 2.24) is 9.80 Å². The van der Waals surface area contributed by atoms with E-state index in [1.165, 1.54) is 0 Å². The highest BCUT2D eigenvalue weighted by Gasteiger charge is 2.23. The Morgan fingerprint density at radius 1 is 1.56 bits per heavy atom. The molecule has 18 heavy (non-hydrogen) atoms. The Balaban J connectivity index is 2.36. The summed E-state index contributed by atoms with van der Waals surface area (Å²) < 4.78 is 5.77. The molecule has 1 heterocycles. The summed E-state index contributed by atoms with van der Waals surface area (Å²) in [5.41, 5.74) is 0. The van der Waals surface area contributed by atoms with Crippen molar-refractivity contribution in [3.8, 4) is 0 Å². The number of likely N-dealkylation sites (N-methyl/N-ethyl adjacent to an activating group) is 1. The van der Waals surface area contributed by atoms with Crippen LogP contribution in [0.3, 0.4) is 0 Å². The first-order valence-electron chi connectivity index (χ1n) is 6.82. The van der Waals surface area contributed by atoms with Gasteiger partial charge in [-0.1, -0.05) is 6.92 Å². The average molecular weight is 258 g/mol. The molecule has 1 N–H and O–H groups in total. The molecular weight excluding hydrogens is 232 g/mol. The number of rotatable bonds is 7. The van der Waals surface area contributed by atoms with E-state index in [0.717, 1.165) is 32.8 Å². The lowest BCUT2D eigenvalue weighted by molar-refractivity contribution is -0.137. The van der Waals surface area contributed by atoms with Gasteiger partial charge in [-0.15, -0.1) is 0 Å². The van der Waals surface area contributed by atoms with Crippen LogP contribution in [0.2, 0.25) is 0 Å². The molecule has 1 atom stereocenters. The van der Waals surface area contributed by atoms with Crippen LogP contribution in [-0.2, 0) is 9.53 Å². The number of carboxylic acids is 1. The van der Waals surface area contributed by atoms with Gasteiger partial charge in [-0.05, 0) is 20.4 Å². The van der Waals surface area contributed by atoms with Crippen LogP contribution in [0.25, 0.3) is 0 Å². The SMILES string of the molecule is CCN(CCC(=O)O)CC1CN(C(C)C)CCO1. The molecule has 0 aromatic heterocycles. The van der Waals surface area contributed by atoms with Gasteiger partial charge in [-0.25, -0.2) is 0 Å². The van der Waals surface area contributed by atoms with Gasteiger partial charge in [0.25, 0.3) is 0 Å². The predicted octanol–water partition coefficient (Wildman–Crippen LogP) is 0.892. The zero-order chi connectivity index (χ0) is 13.5. The van der Waals surface area contributed by atoms with E-state index in [1.54, 1.807) is 0 Å². The number of carbonyl (C=O) groups is 1. The van der Waals surface area contributed by atoms with E-state index in [2.05, 4.69) is 30.6 Å². The molecule has 106 valence electrons. The molecule has 1 aliphatic rings. The van der Waals surface area contributed by atoms with Crippen LogP contribution in [-0.4, -0.2) is 72.4 Å². The van der Waals surface area contributed by atoms with Crippen molar-refractivity contribution < 1.29 is 14.6 Å². The minimum Gasteiger partial charge on any atom is -0.481 e. The molecule has 0 aromatic rings. The number of hydrogen-bond donors (Lipinski definition) is 1. The molecule has 0 aromatic carbocycles. The van der Waals surface area contributed by atoms with E-state index in [9.17, 15) is 4.79 Å². The average Bonchev–Trinajstić information content (AvgIpc) is 2.34. The standard InChI is InChI=1S/C13H26N2O3/c1-4-14(6-5-13(16)17)9-12-10-15(11(2)3)7-8-18-12/h11-12H,4-10H2,1-3H3,(H,16,17). The van der Waals surface area contributed by atoms with Crippen molar-refractivity contribution in [2.24, 2.45) is 0 Å². The molecule has 0 saturated carbocycles. The van der Waals surface area contributed by atoms with Gasteiger partial charge in [0, 0.05) is 32.2 Å². The number of ether oxygens (including phenoxy) is 1. The minimum absolute atomic E-state index is 0.203. The van der Waals surface area contributed by atoms with Gasteiger partial charge < -0.3 is 14.7 Å². The van der Waals surface area contributed by atoms with Crippen molar-refractivity contribution in [3.63, 3.8) is 0 Å². The molecule has 1 saturated heterocycles. The van der Waals surface area contributed by atoms with Gasteiger partial charge in [0.2, 0.25) is 0 Å². The van der Waals surface area contributed by atoms with Crippen LogP contribution in [0.5, 0.6) is 0 Å². The van der Waals surface area contributed by atoms with Gasteiger partial charge >= 0.3 is 5.97 Å². The summed E-state index contributed by atoms with van der Waals surface area (Å²) in [7, 11) is 0. The van der Waals surface area contributed by atoms with Gasteiger partial charge in [-0.3, -0.25) is 9.69 Å². The predicted molar refractivity (Wildman–Crippen MR) is 70.8 cm³/mol. The third-order valence-electron chi connectivity index (χ3n) is 3.45. The second-order valence-corrected chi connectivity index (χ2v) is 5.12. The van der Waals surface area contributed by atoms with Gasteiger partial charge in [0.1, 0.15) is 0 Å². The highest BCUT2D eigenvalue weighted by atomic mass is 16.5. The van der Waals surface area contributed by atoms with E-state index in [4.69, 9.17) is 9.84 Å². The second-order valence-electron chi connectivity index (χ2n) is 5.12. The van der Waals surface area contributed by atoms with E-state index in [0.29, 0.717) is 12.6 Å². The highest BCUT2D eigenvalue weighted by Crippen LogP contribution is 2.10. The van der Waals surface area contributed by atoms with E-state index in [1.807, 2.05) is 0 Å². The number of carboxylic acid groups (broad SMARTS) is 1. The zero-order valence-corrected chi connectivity index (χ0v) is 11.8. The summed E-state index contributed by atoms with van der Waals surface area (Å²) in [5.74, 6) is -0.734. The van der Waals surface area contributed by atoms with Crippen molar-refractivity contribution in [3.05, 3.63) is 0 Å². The Bertz CT molecular complexity index is 259. The molecular formula is C13H26N2O3. The molecule has 0 aliphatic carbocycles. The summed E-state index contributed by atoms with van der Waals surface area (Å²) in [6.07, 6.45) is 0.406. The monoisotopic (exact) mass is 258 g/mol. The molecule has 0 radical (unpaired) electrons. The summed E-state index contributed by atoms with van der Waals surface area (Å²) >= 11 is 0. The molecule has 0 spiro atoms. The van der Waals surface area contributed by atoms with E-state index >= 15 is 0 Å². The molecule has 1 rings (SSSR count). The zero-order valence-electron chi connectivity index (χ0n) is 11.8. The first-order chi connectivity index (χ1) is 8.52. The quantitative estimate of drug-likeness (QED) is 0.735. The van der Waals surface area contributed by atoms with E-state index in [-0.39, 0.29) is 12.5 Å². The van der Waals surface area contributed by atoms with Crippen LogP contribution >= 0.6 is 0 Å². The van der Waals surface area contributed by atoms with E-state index < -0.39 is 5.97 Å². The first-order valence-corrected chi connectivity index (χ1v) is 6.82. The molecule has 5 nitrogen and oxygen atoms in total. The molecule has 1 unspecified atom stereocenters. The molecule has 0 amide bonds. The summed E-state index contributed by atoms with van der Waals surface area (Å²) in [6.45, 7) is 11.5. The van der Waals surface area contributed by atoms with Crippen molar-refractivity contribution in [1.29, 1.82) is 0 Å². The summed E-state index contributed by atoms with van der Waals surface area (Å²) in [4.78, 5) is 15.2. The topological polar surface area (TPSA) is 53.0 Å². The fourth-order valence-electron chi connectivity index (χ4n) is 2.24. The van der Waals surface area contributed by atoms with Crippen LogP contribution in [0, 0.1) is 0 Å². The Morgan fingerprint density at radius 2 is 2.28 bits per heavy atom. The minimum atomic E-state index is -0.734. The van der Waals surface area contributed by atoms with Gasteiger partial charge in [-0.2, -0.15) is 0 Å². The maximum Gasteiger partial charge on any atom is 0.304 e. The third kappa shape index (κ3) is 5.33. The second kappa shape index (κ2) is 7.71. The van der Waals surface area contributed by atoms with Gasteiger partial charge in [0.15, 0.2) is 0 Å². The molecule has 1 fully saturated rings. The van der Waals surface area contributed by atoms with Crippen molar-refractivity contribution in [2.75, 3.05) is 39.3 Å². The maximum absolute atomic E-state index is 10.6. The Labute approximate surface area is 110 Å². The molecule has 1 aliphatic heterocycles. The maximum atomic E-state index is 10.6. The van der Waals surface area contributed by atoms with Crippen LogP contribution in [0.15, 0.2) is 0 Å². The van der Waals surface area contributed by atoms with Crippen LogP contribution in [0.1, 0.15) is 27.2 Å². The number of hydrogen-bond acceptors (Lipinski definition) is 4. The van der Waals surface area contributed by atoms with Crippen molar-refractivity contribution in [2.45, 2.75) is 39.3 Å². The summed E-state index contributed by atoms with van der Waals surface area (Å²) in [5, 5.41) is 8.71. The first kappa shape index (κ1) is 15.4. The molecule has 0 bridgehead atoms. The smallest absolute Gasteiger partial charge is 0.304 e. The van der Waals surface area contributed by atoms with Crippen LogP contribution in [0.4, 0.5) is 0 Å². The Kier molecular flexibility index (Phi) is 6.60. The lowest BCUT2D eigenvalue weighted by Crippen LogP contribution is -2.50. The third-order valence-corrected chi connectivity index (χ3v) is 3.45. The Hall–Kier alpha value is -0.650. The number of nitrogens with zero attached hydrogens (tertiary/aromatic N) is 2. The fourth-order valence-corrected chi connectivity index (χ4v) is 2.24. The Morgan fingerprint density at radius 3 is 2.83 bits per heavy atom. The molecule has 5 heteroatoms. The lowest BCUT2D eigenvalue weighted by Gasteiger charge is -2.37. The largest absolute Gasteiger partial charge is 0.481 e. The van der Waals surface area contributed by atoms with Gasteiger partial charge in [0.05, 0.1) is 19.1 Å².